The number of nitrogens with one attached hydrogen (secondary N) is 1. The van der Waals surface area contributed by atoms with Crippen LogP contribution in [0.15, 0.2) is 21.9 Å². The van der Waals surface area contributed by atoms with Crippen LogP contribution in [0.1, 0.15) is 6.23 Å². The zero-order valence-electron chi connectivity index (χ0n) is 8.99. The zero-order valence-corrected chi connectivity index (χ0v) is 10.6. The molecule has 0 aliphatic carbocycles. The molecule has 1 aromatic heterocycles. The number of H-pyrrole nitrogens is 1. The predicted molar refractivity (Wildman–Crippen MR) is 62.2 cm³/mol. The standard InChI is InChI=1S/C9H11BrN2O6/c10-9(17)4(13)3-18-7(6(9)15)12-5(14)1-2-11-8(12)16/h1-2,4,6-7,13,15,17H,3H2,(H,11,16)/t4-,6+,7?,9+/m1/s1. The van der Waals surface area contributed by atoms with Gasteiger partial charge in [-0.2, -0.15) is 0 Å². The van der Waals surface area contributed by atoms with Gasteiger partial charge in [0.05, 0.1) is 6.61 Å². The predicted octanol–water partition coefficient (Wildman–Crippen LogP) is -2.13. The fraction of sp³-hybridized carbons (Fsp3) is 0.556. The number of aliphatic hydroxyl groups excluding tert-OH is 2. The number of halogens is 1. The van der Waals surface area contributed by atoms with E-state index in [1.165, 1.54) is 0 Å². The Balaban J connectivity index is 2.47. The summed E-state index contributed by atoms with van der Waals surface area (Å²) in [5.74, 6) is 0. The average molecular weight is 323 g/mol. The maximum absolute atomic E-state index is 11.6. The van der Waals surface area contributed by atoms with E-state index < -0.39 is 34.2 Å². The van der Waals surface area contributed by atoms with Crippen molar-refractivity contribution in [1.82, 2.24) is 9.55 Å². The fourth-order valence-electron chi connectivity index (χ4n) is 1.69. The second-order valence-corrected chi connectivity index (χ2v) is 5.17. The molecule has 1 fully saturated rings. The van der Waals surface area contributed by atoms with E-state index in [-0.39, 0.29) is 6.61 Å². The van der Waals surface area contributed by atoms with Crippen LogP contribution in [0.4, 0.5) is 0 Å². The molecule has 100 valence electrons. The highest BCUT2D eigenvalue weighted by atomic mass is 79.9. The van der Waals surface area contributed by atoms with E-state index in [2.05, 4.69) is 20.9 Å². The number of nitrogens with zero attached hydrogens (tertiary/aromatic N) is 1. The van der Waals surface area contributed by atoms with E-state index in [1.807, 2.05) is 0 Å². The van der Waals surface area contributed by atoms with Crippen molar-refractivity contribution in [3.8, 4) is 0 Å². The average Bonchev–Trinajstić information content (AvgIpc) is 2.29. The van der Waals surface area contributed by atoms with Crippen LogP contribution in [-0.4, -0.2) is 48.2 Å². The quantitative estimate of drug-likeness (QED) is 0.438. The van der Waals surface area contributed by atoms with Crippen molar-refractivity contribution in [3.05, 3.63) is 33.1 Å². The number of hydrogen-bond donors (Lipinski definition) is 4. The molecular weight excluding hydrogens is 312 g/mol. The summed E-state index contributed by atoms with van der Waals surface area (Å²) in [4.78, 5) is 25.4. The third-order valence-corrected chi connectivity index (χ3v) is 3.72. The summed E-state index contributed by atoms with van der Waals surface area (Å²) in [5.41, 5.74) is -1.48. The topological polar surface area (TPSA) is 125 Å². The molecule has 2 rings (SSSR count). The summed E-state index contributed by atoms with van der Waals surface area (Å²) in [7, 11) is 0. The third kappa shape index (κ3) is 2.04. The van der Waals surface area contributed by atoms with Gasteiger partial charge in [-0.1, -0.05) is 0 Å². The van der Waals surface area contributed by atoms with Crippen LogP contribution >= 0.6 is 15.9 Å². The van der Waals surface area contributed by atoms with Crippen molar-refractivity contribution in [2.75, 3.05) is 6.61 Å². The number of aromatic amines is 1. The SMILES string of the molecule is O=c1cc[nH]c(=O)n1C1OC[C@@H](O)[C@@](O)(Br)[C@H]1O. The van der Waals surface area contributed by atoms with Crippen LogP contribution in [0.3, 0.4) is 0 Å². The second kappa shape index (κ2) is 4.59. The second-order valence-electron chi connectivity index (χ2n) is 3.90. The van der Waals surface area contributed by atoms with E-state index >= 15 is 0 Å². The summed E-state index contributed by atoms with van der Waals surface area (Å²) in [6, 6.07) is 1.08. The minimum Gasteiger partial charge on any atom is -0.387 e. The molecule has 1 aliphatic rings. The van der Waals surface area contributed by atoms with Crippen LogP contribution in [0.5, 0.6) is 0 Å². The Morgan fingerprint density at radius 2 is 2.17 bits per heavy atom. The lowest BCUT2D eigenvalue weighted by molar-refractivity contribution is -0.224. The molecule has 4 N–H and O–H groups in total. The molecule has 1 saturated heterocycles. The molecule has 0 bridgehead atoms. The molecule has 4 atom stereocenters. The van der Waals surface area contributed by atoms with Gasteiger partial charge >= 0.3 is 5.69 Å². The fourth-order valence-corrected chi connectivity index (χ4v) is 2.04. The van der Waals surface area contributed by atoms with Crippen LogP contribution < -0.4 is 11.2 Å². The first-order valence-corrected chi connectivity index (χ1v) is 5.84. The first-order chi connectivity index (χ1) is 8.35. The van der Waals surface area contributed by atoms with E-state index in [0.717, 1.165) is 12.3 Å². The minimum absolute atomic E-state index is 0.343. The molecule has 0 aromatic carbocycles. The summed E-state index contributed by atoms with van der Waals surface area (Å²) < 4.78 is 3.61. The summed E-state index contributed by atoms with van der Waals surface area (Å²) >= 11 is 2.76. The van der Waals surface area contributed by atoms with Crippen molar-refractivity contribution < 1.29 is 20.1 Å². The van der Waals surface area contributed by atoms with Crippen LogP contribution in [0.2, 0.25) is 0 Å². The summed E-state index contributed by atoms with van der Waals surface area (Å²) in [6.45, 7) is -0.343. The van der Waals surface area contributed by atoms with Gasteiger partial charge in [0.1, 0.15) is 12.2 Å². The lowest BCUT2D eigenvalue weighted by Gasteiger charge is -2.40. The van der Waals surface area contributed by atoms with Gasteiger partial charge in [-0.15, -0.1) is 0 Å². The van der Waals surface area contributed by atoms with Crippen molar-refractivity contribution >= 4 is 15.9 Å². The Bertz CT molecular complexity index is 524. The lowest BCUT2D eigenvalue weighted by atomic mass is 10.0. The van der Waals surface area contributed by atoms with Crippen molar-refractivity contribution in [2.45, 2.75) is 22.9 Å². The number of aliphatic hydroxyl groups is 3. The van der Waals surface area contributed by atoms with Gasteiger partial charge in [-0.05, 0) is 15.9 Å². The minimum atomic E-state index is -2.06. The van der Waals surface area contributed by atoms with E-state index in [1.54, 1.807) is 0 Å². The molecule has 9 heteroatoms. The maximum Gasteiger partial charge on any atom is 0.330 e. The Hall–Kier alpha value is -1.00. The Morgan fingerprint density at radius 1 is 1.50 bits per heavy atom. The maximum atomic E-state index is 11.6. The summed E-state index contributed by atoms with van der Waals surface area (Å²) in [6.07, 6.45) is -3.31. The van der Waals surface area contributed by atoms with Gasteiger partial charge in [-0.25, -0.2) is 9.36 Å². The van der Waals surface area contributed by atoms with Gasteiger partial charge in [0.25, 0.3) is 5.56 Å². The molecule has 2 heterocycles. The molecular formula is C9H11BrN2O6. The van der Waals surface area contributed by atoms with Crippen LogP contribution in [0, 0.1) is 0 Å². The van der Waals surface area contributed by atoms with Crippen LogP contribution in [-0.2, 0) is 4.74 Å². The number of aromatic nitrogens is 2. The van der Waals surface area contributed by atoms with Gasteiger partial charge in [-0.3, -0.25) is 4.79 Å². The molecule has 0 amide bonds. The van der Waals surface area contributed by atoms with Gasteiger partial charge in [0.2, 0.25) is 0 Å². The first kappa shape index (κ1) is 13.4. The third-order valence-electron chi connectivity index (χ3n) is 2.72. The monoisotopic (exact) mass is 322 g/mol. The van der Waals surface area contributed by atoms with Gasteiger partial charge < -0.3 is 25.0 Å². The zero-order chi connectivity index (χ0) is 13.5. The lowest BCUT2D eigenvalue weighted by Crippen LogP contribution is -2.60. The largest absolute Gasteiger partial charge is 0.387 e. The normalized spacial score (nSPS) is 36.6. The summed E-state index contributed by atoms with van der Waals surface area (Å²) in [5, 5.41) is 29.2. The molecule has 1 unspecified atom stereocenters. The van der Waals surface area contributed by atoms with Gasteiger partial charge in [0, 0.05) is 12.3 Å². The number of ether oxygens (including phenoxy) is 1. The Kier molecular flexibility index (Phi) is 3.43. The van der Waals surface area contributed by atoms with Crippen molar-refractivity contribution in [2.24, 2.45) is 0 Å². The molecule has 0 radical (unpaired) electrons. The van der Waals surface area contributed by atoms with Crippen molar-refractivity contribution in [3.63, 3.8) is 0 Å². The highest BCUT2D eigenvalue weighted by Gasteiger charge is 2.50. The van der Waals surface area contributed by atoms with Crippen LogP contribution in [0.25, 0.3) is 0 Å². The Morgan fingerprint density at radius 3 is 2.78 bits per heavy atom. The number of rotatable bonds is 1. The number of hydrogen-bond acceptors (Lipinski definition) is 6. The van der Waals surface area contributed by atoms with E-state index in [9.17, 15) is 24.9 Å². The molecule has 0 saturated carbocycles. The molecule has 18 heavy (non-hydrogen) atoms. The number of alkyl halides is 1. The van der Waals surface area contributed by atoms with E-state index in [4.69, 9.17) is 4.74 Å². The molecule has 0 spiro atoms. The first-order valence-electron chi connectivity index (χ1n) is 5.05. The Labute approximate surface area is 109 Å². The molecule has 8 nitrogen and oxygen atoms in total. The van der Waals surface area contributed by atoms with Crippen molar-refractivity contribution in [1.29, 1.82) is 0 Å². The van der Waals surface area contributed by atoms with Gasteiger partial charge in [0.15, 0.2) is 10.7 Å². The highest BCUT2D eigenvalue weighted by molar-refractivity contribution is 9.10. The smallest absolute Gasteiger partial charge is 0.330 e. The highest BCUT2D eigenvalue weighted by Crippen LogP contribution is 2.34. The molecule has 1 aliphatic heterocycles. The molecule has 1 aromatic rings. The van der Waals surface area contributed by atoms with E-state index in [0.29, 0.717) is 4.57 Å².